The molecule has 0 aromatic carbocycles. The smallest absolute Gasteiger partial charge is 0.221 e. The first-order valence-corrected chi connectivity index (χ1v) is 8.41. The lowest BCUT2D eigenvalue weighted by Gasteiger charge is -2.22. The molecular weight excluding hydrogens is 252 g/mol. The summed E-state index contributed by atoms with van der Waals surface area (Å²) in [5, 5.41) is 5.99. The Balaban J connectivity index is 2.16. The highest BCUT2D eigenvalue weighted by Crippen LogP contribution is 2.11. The molecule has 1 amide bonds. The van der Waals surface area contributed by atoms with Gasteiger partial charge in [-0.1, -0.05) is 13.8 Å². The van der Waals surface area contributed by atoms with E-state index >= 15 is 0 Å². The van der Waals surface area contributed by atoms with Crippen LogP contribution in [0.3, 0.4) is 0 Å². The second kappa shape index (κ2) is 7.09. The molecule has 1 aliphatic rings. The first-order valence-electron chi connectivity index (χ1n) is 6.59. The number of carbonyl (C=O) groups is 1. The Kier molecular flexibility index (Phi) is 6.08. The van der Waals surface area contributed by atoms with Crippen molar-refractivity contribution in [1.82, 2.24) is 10.6 Å². The van der Waals surface area contributed by atoms with E-state index in [1.54, 1.807) is 0 Å². The zero-order chi connectivity index (χ0) is 13.6. The fourth-order valence-corrected chi connectivity index (χ4v) is 3.65. The molecule has 0 radical (unpaired) electrons. The number of carbonyl (C=O) groups excluding carboxylic acids is 1. The minimum Gasteiger partial charge on any atom is -0.356 e. The third-order valence-electron chi connectivity index (χ3n) is 2.96. The van der Waals surface area contributed by atoms with Gasteiger partial charge in [0.1, 0.15) is 0 Å². The van der Waals surface area contributed by atoms with E-state index in [9.17, 15) is 13.2 Å². The Bertz CT molecular complexity index is 366. The van der Waals surface area contributed by atoms with Crippen LogP contribution in [0.5, 0.6) is 0 Å². The lowest BCUT2D eigenvalue weighted by atomic mass is 10.2. The maximum Gasteiger partial charge on any atom is 0.221 e. The van der Waals surface area contributed by atoms with E-state index in [2.05, 4.69) is 10.6 Å². The third-order valence-corrected chi connectivity index (χ3v) is 4.78. The van der Waals surface area contributed by atoms with Crippen molar-refractivity contribution in [2.45, 2.75) is 39.2 Å². The van der Waals surface area contributed by atoms with Crippen LogP contribution in [-0.4, -0.2) is 45.0 Å². The zero-order valence-electron chi connectivity index (χ0n) is 11.2. The van der Waals surface area contributed by atoms with Gasteiger partial charge in [0.15, 0.2) is 9.84 Å². The fourth-order valence-electron chi connectivity index (χ4n) is 1.98. The molecule has 0 bridgehead atoms. The topological polar surface area (TPSA) is 75.3 Å². The van der Waals surface area contributed by atoms with Crippen LogP contribution in [0.2, 0.25) is 0 Å². The van der Waals surface area contributed by atoms with Crippen molar-refractivity contribution < 1.29 is 13.2 Å². The molecule has 2 N–H and O–H groups in total. The van der Waals surface area contributed by atoms with Gasteiger partial charge in [0.25, 0.3) is 0 Å². The number of amides is 1. The summed E-state index contributed by atoms with van der Waals surface area (Å²) in [5.74, 6) is 0.987. The summed E-state index contributed by atoms with van der Waals surface area (Å²) in [6, 6.07) is 0.0154. The summed E-state index contributed by atoms with van der Waals surface area (Å²) in [7, 11) is -2.87. The van der Waals surface area contributed by atoms with E-state index in [4.69, 9.17) is 0 Å². The van der Waals surface area contributed by atoms with Crippen molar-refractivity contribution in [3.05, 3.63) is 0 Å². The first-order chi connectivity index (χ1) is 8.39. The van der Waals surface area contributed by atoms with E-state index in [0.717, 1.165) is 12.8 Å². The number of nitrogens with one attached hydrogen (secondary N) is 2. The second-order valence-electron chi connectivity index (χ2n) is 5.36. The predicted octanol–water partition coefficient (Wildman–Crippen LogP) is 0.316. The molecule has 5 nitrogen and oxygen atoms in total. The van der Waals surface area contributed by atoms with Crippen molar-refractivity contribution >= 4 is 15.7 Å². The monoisotopic (exact) mass is 276 g/mol. The molecule has 0 aromatic rings. The molecular formula is C12H24N2O3S. The molecule has 0 spiro atoms. The Morgan fingerprint density at radius 3 is 2.72 bits per heavy atom. The molecule has 106 valence electrons. The van der Waals surface area contributed by atoms with Crippen LogP contribution in [0, 0.1) is 5.92 Å². The van der Waals surface area contributed by atoms with E-state index < -0.39 is 9.84 Å². The molecule has 1 rings (SSSR count). The summed E-state index contributed by atoms with van der Waals surface area (Å²) in [4.78, 5) is 11.4. The van der Waals surface area contributed by atoms with Gasteiger partial charge in [0.05, 0.1) is 11.5 Å². The molecule has 1 atom stereocenters. The lowest BCUT2D eigenvalue weighted by molar-refractivity contribution is -0.121. The van der Waals surface area contributed by atoms with E-state index in [1.807, 2.05) is 13.8 Å². The van der Waals surface area contributed by atoms with Crippen LogP contribution in [0.15, 0.2) is 0 Å². The van der Waals surface area contributed by atoms with Gasteiger partial charge < -0.3 is 10.6 Å². The average molecular weight is 276 g/mol. The fraction of sp³-hybridized carbons (Fsp3) is 0.917. The highest BCUT2D eigenvalue weighted by Gasteiger charge is 2.24. The van der Waals surface area contributed by atoms with Crippen LogP contribution in [-0.2, 0) is 14.6 Å². The summed E-state index contributed by atoms with van der Waals surface area (Å²) in [5.41, 5.74) is 0. The Hall–Kier alpha value is -0.620. The van der Waals surface area contributed by atoms with Crippen LogP contribution in [0.25, 0.3) is 0 Å². The van der Waals surface area contributed by atoms with Crippen LogP contribution in [0.4, 0.5) is 0 Å². The third kappa shape index (κ3) is 6.35. The largest absolute Gasteiger partial charge is 0.356 e. The SMILES string of the molecule is CC(C)CNC(=O)CCNC1CCCS(=O)(=O)C1. The molecule has 0 aliphatic carbocycles. The highest BCUT2D eigenvalue weighted by molar-refractivity contribution is 7.91. The Morgan fingerprint density at radius 2 is 2.11 bits per heavy atom. The number of rotatable bonds is 6. The molecule has 1 fully saturated rings. The number of hydrogen-bond acceptors (Lipinski definition) is 4. The second-order valence-corrected chi connectivity index (χ2v) is 7.58. The van der Waals surface area contributed by atoms with Crippen LogP contribution < -0.4 is 10.6 Å². The van der Waals surface area contributed by atoms with E-state index in [1.165, 1.54) is 0 Å². The quantitative estimate of drug-likeness (QED) is 0.732. The zero-order valence-corrected chi connectivity index (χ0v) is 12.1. The molecule has 1 saturated heterocycles. The molecule has 1 heterocycles. The molecule has 1 unspecified atom stereocenters. The van der Waals surface area contributed by atoms with Crippen molar-refractivity contribution in [1.29, 1.82) is 0 Å². The van der Waals surface area contributed by atoms with Gasteiger partial charge in [-0.3, -0.25) is 4.79 Å². The van der Waals surface area contributed by atoms with Gasteiger partial charge in [0, 0.05) is 25.6 Å². The summed E-state index contributed by atoms with van der Waals surface area (Å²) >= 11 is 0. The van der Waals surface area contributed by atoms with E-state index in [0.29, 0.717) is 31.2 Å². The molecule has 0 aromatic heterocycles. The van der Waals surface area contributed by atoms with Crippen molar-refractivity contribution in [3.63, 3.8) is 0 Å². The summed E-state index contributed by atoms with van der Waals surface area (Å²) in [6.45, 7) is 5.33. The van der Waals surface area contributed by atoms with Gasteiger partial charge in [-0.05, 0) is 18.8 Å². The van der Waals surface area contributed by atoms with Gasteiger partial charge >= 0.3 is 0 Å². The minimum absolute atomic E-state index is 0.0154. The number of sulfone groups is 1. The molecule has 18 heavy (non-hydrogen) atoms. The molecule has 6 heteroatoms. The van der Waals surface area contributed by atoms with Crippen LogP contribution in [0.1, 0.15) is 33.1 Å². The summed E-state index contributed by atoms with van der Waals surface area (Å²) < 4.78 is 22.8. The van der Waals surface area contributed by atoms with Gasteiger partial charge in [-0.25, -0.2) is 8.42 Å². The van der Waals surface area contributed by atoms with Crippen molar-refractivity contribution in [2.24, 2.45) is 5.92 Å². The normalized spacial score (nSPS) is 22.9. The molecule has 1 aliphatic heterocycles. The lowest BCUT2D eigenvalue weighted by Crippen LogP contribution is -2.41. The predicted molar refractivity (Wildman–Crippen MR) is 72.1 cm³/mol. The highest BCUT2D eigenvalue weighted by atomic mass is 32.2. The van der Waals surface area contributed by atoms with Crippen molar-refractivity contribution in [2.75, 3.05) is 24.6 Å². The maximum atomic E-state index is 11.4. The average Bonchev–Trinajstić information content (AvgIpc) is 2.25. The Morgan fingerprint density at radius 1 is 1.39 bits per heavy atom. The van der Waals surface area contributed by atoms with Crippen molar-refractivity contribution in [3.8, 4) is 0 Å². The van der Waals surface area contributed by atoms with E-state index in [-0.39, 0.29) is 17.7 Å². The summed E-state index contributed by atoms with van der Waals surface area (Å²) in [6.07, 6.45) is 2.01. The first kappa shape index (κ1) is 15.4. The van der Waals surface area contributed by atoms with Gasteiger partial charge in [0.2, 0.25) is 5.91 Å². The molecule has 0 saturated carbocycles. The van der Waals surface area contributed by atoms with Crippen LogP contribution >= 0.6 is 0 Å². The minimum atomic E-state index is -2.87. The van der Waals surface area contributed by atoms with Gasteiger partial charge in [-0.15, -0.1) is 0 Å². The Labute approximate surface area is 110 Å². The maximum absolute atomic E-state index is 11.4. The van der Waals surface area contributed by atoms with Gasteiger partial charge in [-0.2, -0.15) is 0 Å². The standard InChI is InChI=1S/C12H24N2O3S/c1-10(2)8-14-12(15)5-6-13-11-4-3-7-18(16,17)9-11/h10-11,13H,3-9H2,1-2H3,(H,14,15). The number of hydrogen-bond donors (Lipinski definition) is 2.